The molecule has 1 aliphatic heterocycles. The highest BCUT2D eigenvalue weighted by atomic mass is 16.5. The number of hydrogen-bond acceptors (Lipinski definition) is 4. The Labute approximate surface area is 144 Å². The summed E-state index contributed by atoms with van der Waals surface area (Å²) in [6, 6.07) is 12.5. The average Bonchev–Trinajstić information content (AvgIpc) is 3.09. The van der Waals surface area contributed by atoms with Crippen molar-refractivity contribution in [3.63, 3.8) is 0 Å². The number of aryl methyl sites for hydroxylation is 2. The lowest BCUT2D eigenvalue weighted by Gasteiger charge is -2.33. The maximum Gasteiger partial charge on any atom is 0.150 e. The van der Waals surface area contributed by atoms with E-state index in [9.17, 15) is 5.11 Å². The third-order valence-electron chi connectivity index (χ3n) is 5.10. The van der Waals surface area contributed by atoms with E-state index in [4.69, 9.17) is 4.52 Å². The zero-order valence-electron chi connectivity index (χ0n) is 14.5. The normalized spacial score (nSPS) is 17.9. The lowest BCUT2D eigenvalue weighted by Crippen LogP contribution is -2.37. The molecule has 0 unspecified atom stereocenters. The van der Waals surface area contributed by atoms with Crippen molar-refractivity contribution in [2.24, 2.45) is 5.92 Å². The average molecular weight is 328 g/mol. The van der Waals surface area contributed by atoms with E-state index in [1.165, 1.54) is 5.56 Å². The van der Waals surface area contributed by atoms with Crippen molar-refractivity contribution in [2.75, 3.05) is 13.1 Å². The Bertz CT molecular complexity index is 603. The first-order valence-corrected chi connectivity index (χ1v) is 9.13. The van der Waals surface area contributed by atoms with Gasteiger partial charge >= 0.3 is 0 Å². The van der Waals surface area contributed by atoms with Gasteiger partial charge in [-0.05, 0) is 56.7 Å². The molecule has 0 amide bonds. The molecule has 24 heavy (non-hydrogen) atoms. The molecule has 0 aliphatic carbocycles. The monoisotopic (exact) mass is 328 g/mol. The Balaban J connectivity index is 1.41. The smallest absolute Gasteiger partial charge is 0.150 e. The van der Waals surface area contributed by atoms with E-state index in [-0.39, 0.29) is 6.10 Å². The van der Waals surface area contributed by atoms with E-state index in [2.05, 4.69) is 47.3 Å². The molecule has 0 spiro atoms. The fourth-order valence-electron chi connectivity index (χ4n) is 3.51. The molecule has 0 bridgehead atoms. The molecule has 1 aromatic carbocycles. The van der Waals surface area contributed by atoms with Gasteiger partial charge in [-0.3, -0.25) is 4.90 Å². The molecule has 1 N–H and O–H groups in total. The summed E-state index contributed by atoms with van der Waals surface area (Å²) in [7, 11) is 0. The van der Waals surface area contributed by atoms with Crippen LogP contribution >= 0.6 is 0 Å². The number of piperidine rings is 1. The van der Waals surface area contributed by atoms with Gasteiger partial charge < -0.3 is 9.63 Å². The summed E-state index contributed by atoms with van der Waals surface area (Å²) in [5, 5.41) is 14.6. The summed E-state index contributed by atoms with van der Waals surface area (Å²) in [6.45, 7) is 4.97. The van der Waals surface area contributed by atoms with E-state index in [1.54, 1.807) is 0 Å². The maximum absolute atomic E-state index is 10.5. The Morgan fingerprint density at radius 2 is 2.00 bits per heavy atom. The van der Waals surface area contributed by atoms with Gasteiger partial charge in [0.05, 0.1) is 18.3 Å². The van der Waals surface area contributed by atoms with Gasteiger partial charge in [0, 0.05) is 6.07 Å². The van der Waals surface area contributed by atoms with Crippen LogP contribution in [0.3, 0.4) is 0 Å². The predicted molar refractivity (Wildman–Crippen MR) is 94.7 cm³/mol. The zero-order chi connectivity index (χ0) is 16.8. The molecule has 4 nitrogen and oxygen atoms in total. The van der Waals surface area contributed by atoms with Crippen LogP contribution in [0.25, 0.3) is 0 Å². The second kappa shape index (κ2) is 8.45. The van der Waals surface area contributed by atoms with Gasteiger partial charge in [0.25, 0.3) is 0 Å². The molecule has 1 aromatic heterocycles. The zero-order valence-corrected chi connectivity index (χ0v) is 14.5. The van der Waals surface area contributed by atoms with E-state index in [1.807, 2.05) is 6.07 Å². The van der Waals surface area contributed by atoms with Gasteiger partial charge in [0.2, 0.25) is 0 Å². The molecule has 0 radical (unpaired) electrons. The molecule has 130 valence electrons. The SMILES string of the molecule is CCc1cc(CN2CCC([C@@H](O)CCc3ccccc3)CC2)on1. The molecule has 1 atom stereocenters. The van der Waals surface area contributed by atoms with E-state index in [0.717, 1.165) is 63.2 Å². The van der Waals surface area contributed by atoms with Gasteiger partial charge in [0.1, 0.15) is 0 Å². The Kier molecular flexibility index (Phi) is 6.05. The number of nitrogens with zero attached hydrogens (tertiary/aromatic N) is 2. The molecule has 2 aromatic rings. The molecule has 4 heteroatoms. The minimum atomic E-state index is -0.190. The number of aliphatic hydroxyl groups is 1. The number of rotatable bonds is 7. The van der Waals surface area contributed by atoms with Crippen molar-refractivity contribution >= 4 is 0 Å². The van der Waals surface area contributed by atoms with Crippen molar-refractivity contribution in [1.82, 2.24) is 10.1 Å². The van der Waals surface area contributed by atoms with Crippen molar-refractivity contribution in [1.29, 1.82) is 0 Å². The van der Waals surface area contributed by atoms with Crippen LogP contribution in [-0.2, 0) is 19.4 Å². The Morgan fingerprint density at radius 3 is 2.67 bits per heavy atom. The second-order valence-electron chi connectivity index (χ2n) is 6.84. The summed E-state index contributed by atoms with van der Waals surface area (Å²) in [6.07, 6.45) is 4.66. The molecule has 1 fully saturated rings. The van der Waals surface area contributed by atoms with Gasteiger partial charge in [-0.25, -0.2) is 0 Å². The van der Waals surface area contributed by atoms with Crippen molar-refractivity contribution in [3.05, 3.63) is 53.4 Å². The van der Waals surface area contributed by atoms with E-state index in [0.29, 0.717) is 5.92 Å². The fourth-order valence-corrected chi connectivity index (χ4v) is 3.51. The second-order valence-corrected chi connectivity index (χ2v) is 6.84. The van der Waals surface area contributed by atoms with E-state index < -0.39 is 0 Å². The Hall–Kier alpha value is -1.65. The van der Waals surface area contributed by atoms with Crippen LogP contribution < -0.4 is 0 Å². The van der Waals surface area contributed by atoms with Crippen LogP contribution in [0, 0.1) is 5.92 Å². The lowest BCUT2D eigenvalue weighted by atomic mass is 9.88. The third kappa shape index (κ3) is 4.68. The molecule has 1 saturated heterocycles. The summed E-state index contributed by atoms with van der Waals surface area (Å²) in [5.74, 6) is 1.38. The molecular formula is C20H28N2O2. The predicted octanol–water partition coefficient (Wildman–Crippen LogP) is 3.44. The van der Waals surface area contributed by atoms with Crippen molar-refractivity contribution in [3.8, 4) is 0 Å². The largest absolute Gasteiger partial charge is 0.393 e. The van der Waals surface area contributed by atoms with Crippen LogP contribution in [0.1, 0.15) is 43.2 Å². The van der Waals surface area contributed by atoms with Gasteiger partial charge in [-0.1, -0.05) is 42.4 Å². The quantitative estimate of drug-likeness (QED) is 0.846. The molecule has 0 saturated carbocycles. The third-order valence-corrected chi connectivity index (χ3v) is 5.10. The van der Waals surface area contributed by atoms with Crippen molar-refractivity contribution in [2.45, 2.75) is 51.7 Å². The summed E-state index contributed by atoms with van der Waals surface area (Å²) in [5.41, 5.74) is 2.34. The van der Waals surface area contributed by atoms with Crippen LogP contribution in [0.5, 0.6) is 0 Å². The summed E-state index contributed by atoms with van der Waals surface area (Å²) in [4.78, 5) is 2.40. The maximum atomic E-state index is 10.5. The highest BCUT2D eigenvalue weighted by Gasteiger charge is 2.25. The standard InChI is InChI=1S/C20H28N2O2/c1-2-18-14-19(24-21-18)15-22-12-10-17(11-13-22)20(23)9-8-16-6-4-3-5-7-16/h3-7,14,17,20,23H,2,8-13,15H2,1H3/t20-/m0/s1. The van der Waals surface area contributed by atoms with Gasteiger partial charge in [-0.2, -0.15) is 0 Å². The van der Waals surface area contributed by atoms with Crippen LogP contribution in [0.2, 0.25) is 0 Å². The first kappa shape index (κ1) is 17.2. The van der Waals surface area contributed by atoms with Gasteiger partial charge in [0.15, 0.2) is 5.76 Å². The van der Waals surface area contributed by atoms with Crippen LogP contribution in [-0.4, -0.2) is 34.4 Å². The highest BCUT2D eigenvalue weighted by Crippen LogP contribution is 2.24. The van der Waals surface area contributed by atoms with E-state index >= 15 is 0 Å². The number of aliphatic hydroxyl groups excluding tert-OH is 1. The fraction of sp³-hybridized carbons (Fsp3) is 0.550. The first-order valence-electron chi connectivity index (χ1n) is 9.13. The van der Waals surface area contributed by atoms with Crippen LogP contribution in [0.15, 0.2) is 40.9 Å². The van der Waals surface area contributed by atoms with Crippen LogP contribution in [0.4, 0.5) is 0 Å². The minimum Gasteiger partial charge on any atom is -0.393 e. The number of hydrogen-bond donors (Lipinski definition) is 1. The summed E-state index contributed by atoms with van der Waals surface area (Å²) < 4.78 is 5.38. The topological polar surface area (TPSA) is 49.5 Å². The van der Waals surface area contributed by atoms with Gasteiger partial charge in [-0.15, -0.1) is 0 Å². The minimum absolute atomic E-state index is 0.190. The summed E-state index contributed by atoms with van der Waals surface area (Å²) >= 11 is 0. The first-order chi connectivity index (χ1) is 11.7. The molecule has 3 rings (SSSR count). The lowest BCUT2D eigenvalue weighted by molar-refractivity contribution is 0.0497. The molecule has 1 aliphatic rings. The number of aromatic nitrogens is 1. The molecular weight excluding hydrogens is 300 g/mol. The number of benzene rings is 1. The Morgan fingerprint density at radius 1 is 1.25 bits per heavy atom. The number of likely N-dealkylation sites (tertiary alicyclic amines) is 1. The molecule has 2 heterocycles. The highest BCUT2D eigenvalue weighted by molar-refractivity contribution is 5.14. The van der Waals surface area contributed by atoms with Crippen molar-refractivity contribution < 1.29 is 9.63 Å².